The highest BCUT2D eigenvalue weighted by atomic mass is 19.1. The molecule has 3 N–H and O–H groups in total. The summed E-state index contributed by atoms with van der Waals surface area (Å²) in [7, 11) is 0. The smallest absolute Gasteiger partial charge is 0.407 e. The molecular weight excluding hydrogens is 231 g/mol. The quantitative estimate of drug-likeness (QED) is 0.674. The number of carboxylic acid groups (broad SMARTS) is 1. The summed E-state index contributed by atoms with van der Waals surface area (Å²) in [4.78, 5) is 15.5. The summed E-state index contributed by atoms with van der Waals surface area (Å²) in [5, 5.41) is 27.9. The third-order valence-electron chi connectivity index (χ3n) is 2.78. The molecule has 2 atom stereocenters. The third kappa shape index (κ3) is 2.01. The molecule has 0 unspecified atom stereocenters. The first-order valence-electron chi connectivity index (χ1n) is 5.00. The van der Waals surface area contributed by atoms with Gasteiger partial charge in [0.1, 0.15) is 0 Å². The van der Waals surface area contributed by atoms with Gasteiger partial charge in [0, 0.05) is 11.8 Å². The van der Waals surface area contributed by atoms with Crippen molar-refractivity contribution in [2.45, 2.75) is 18.6 Å². The van der Waals surface area contributed by atoms with E-state index in [1.165, 1.54) is 6.20 Å². The summed E-state index contributed by atoms with van der Waals surface area (Å²) in [6.07, 6.45) is 0.117. The highest BCUT2D eigenvalue weighted by Crippen LogP contribution is 2.37. The van der Waals surface area contributed by atoms with E-state index < -0.39 is 29.8 Å². The van der Waals surface area contributed by atoms with Gasteiger partial charge in [-0.25, -0.2) is 9.18 Å². The number of halogens is 1. The third-order valence-corrected chi connectivity index (χ3v) is 2.78. The number of amides is 1. The molecular formula is C10H11FN2O4. The van der Waals surface area contributed by atoms with Crippen molar-refractivity contribution in [1.29, 1.82) is 0 Å². The summed E-state index contributed by atoms with van der Waals surface area (Å²) in [5.74, 6) is -1.53. The minimum Gasteiger partial charge on any atom is -0.504 e. The molecule has 0 saturated carbocycles. The maximum atomic E-state index is 13.1. The summed E-state index contributed by atoms with van der Waals surface area (Å²) < 4.78 is 13.1. The van der Waals surface area contributed by atoms with Gasteiger partial charge in [-0.15, -0.1) is 0 Å². The first-order valence-corrected chi connectivity index (χ1v) is 5.00. The molecule has 17 heavy (non-hydrogen) atoms. The number of likely N-dealkylation sites (tertiary alicyclic amines) is 1. The lowest BCUT2D eigenvalue weighted by atomic mass is 10.1. The van der Waals surface area contributed by atoms with Crippen LogP contribution >= 0.6 is 0 Å². The number of β-amino-alcohol motifs (C(OH)–C–C–N with tert-alkyl or cyclic N) is 1. The van der Waals surface area contributed by atoms with Gasteiger partial charge in [-0.3, -0.25) is 9.88 Å². The Balaban J connectivity index is 2.38. The molecule has 1 aliphatic rings. The highest BCUT2D eigenvalue weighted by Gasteiger charge is 2.37. The fourth-order valence-electron chi connectivity index (χ4n) is 2.01. The van der Waals surface area contributed by atoms with E-state index in [1.807, 2.05) is 0 Å². The molecule has 1 aromatic heterocycles. The van der Waals surface area contributed by atoms with Crippen molar-refractivity contribution in [1.82, 2.24) is 9.88 Å². The van der Waals surface area contributed by atoms with Crippen molar-refractivity contribution in [3.8, 4) is 5.75 Å². The molecule has 0 bridgehead atoms. The molecule has 0 aromatic carbocycles. The van der Waals surface area contributed by atoms with Crippen molar-refractivity contribution in [2.75, 3.05) is 6.54 Å². The van der Waals surface area contributed by atoms with E-state index in [4.69, 9.17) is 5.11 Å². The van der Waals surface area contributed by atoms with Crippen LogP contribution < -0.4 is 0 Å². The van der Waals surface area contributed by atoms with E-state index in [2.05, 4.69) is 4.98 Å². The maximum absolute atomic E-state index is 13.1. The van der Waals surface area contributed by atoms with E-state index in [0.29, 0.717) is 0 Å². The molecule has 92 valence electrons. The summed E-state index contributed by atoms with van der Waals surface area (Å²) >= 11 is 0. The molecule has 0 spiro atoms. The van der Waals surface area contributed by atoms with E-state index in [0.717, 1.165) is 11.1 Å². The molecule has 2 heterocycles. The molecule has 1 saturated heterocycles. The van der Waals surface area contributed by atoms with Gasteiger partial charge in [0.05, 0.1) is 24.9 Å². The second-order valence-electron chi connectivity index (χ2n) is 3.90. The summed E-state index contributed by atoms with van der Waals surface area (Å²) in [6, 6.07) is -0.773. The lowest BCUT2D eigenvalue weighted by Crippen LogP contribution is -2.30. The SMILES string of the molecule is O=C(O)N1C[C@H](O)C[C@H]1c1cncc(F)c1O. The largest absolute Gasteiger partial charge is 0.504 e. The Morgan fingerprint density at radius 3 is 2.88 bits per heavy atom. The number of aromatic hydroxyl groups is 1. The second kappa shape index (κ2) is 4.17. The van der Waals surface area contributed by atoms with E-state index in [1.54, 1.807) is 0 Å². The number of carbonyl (C=O) groups is 1. The van der Waals surface area contributed by atoms with Crippen LogP contribution in [0.3, 0.4) is 0 Å². The number of rotatable bonds is 1. The number of aliphatic hydroxyl groups excluding tert-OH is 1. The Bertz CT molecular complexity index is 454. The monoisotopic (exact) mass is 242 g/mol. The van der Waals surface area contributed by atoms with Crippen LogP contribution in [0.15, 0.2) is 12.4 Å². The molecule has 1 fully saturated rings. The first-order chi connectivity index (χ1) is 8.00. The van der Waals surface area contributed by atoms with E-state index >= 15 is 0 Å². The predicted molar refractivity (Wildman–Crippen MR) is 54.0 cm³/mol. The Kier molecular flexibility index (Phi) is 2.84. The van der Waals surface area contributed by atoms with Crippen LogP contribution in [0.5, 0.6) is 5.75 Å². The average molecular weight is 242 g/mol. The molecule has 1 amide bonds. The highest BCUT2D eigenvalue weighted by molar-refractivity contribution is 5.66. The Hall–Kier alpha value is -1.89. The molecule has 0 aliphatic carbocycles. The lowest BCUT2D eigenvalue weighted by molar-refractivity contribution is 0.131. The second-order valence-corrected chi connectivity index (χ2v) is 3.90. The van der Waals surface area contributed by atoms with Crippen molar-refractivity contribution < 1.29 is 24.5 Å². The number of nitrogens with zero attached hydrogens (tertiary/aromatic N) is 2. The summed E-state index contributed by atoms with van der Waals surface area (Å²) in [5.41, 5.74) is 0.0731. The van der Waals surface area contributed by atoms with Crippen molar-refractivity contribution in [2.24, 2.45) is 0 Å². The number of hydrogen-bond donors (Lipinski definition) is 3. The minimum absolute atomic E-state index is 0.0596. The zero-order valence-electron chi connectivity index (χ0n) is 8.75. The molecule has 6 nitrogen and oxygen atoms in total. The van der Waals surface area contributed by atoms with Gasteiger partial charge < -0.3 is 15.3 Å². The fraction of sp³-hybridized carbons (Fsp3) is 0.400. The predicted octanol–water partition coefficient (Wildman–Crippen LogP) is 0.712. The average Bonchev–Trinajstić information content (AvgIpc) is 2.64. The van der Waals surface area contributed by atoms with Gasteiger partial charge in [-0.1, -0.05) is 0 Å². The van der Waals surface area contributed by atoms with Crippen LogP contribution in [-0.4, -0.2) is 43.9 Å². The summed E-state index contributed by atoms with van der Waals surface area (Å²) in [6.45, 7) is -0.0596. The molecule has 1 aromatic rings. The van der Waals surface area contributed by atoms with Gasteiger partial charge in [-0.05, 0) is 6.42 Å². The van der Waals surface area contributed by atoms with Gasteiger partial charge in [0.2, 0.25) is 0 Å². The van der Waals surface area contributed by atoms with Crippen molar-refractivity contribution in [3.63, 3.8) is 0 Å². The van der Waals surface area contributed by atoms with Gasteiger partial charge in [0.25, 0.3) is 0 Å². The van der Waals surface area contributed by atoms with Crippen LogP contribution in [0.2, 0.25) is 0 Å². The number of hydrogen-bond acceptors (Lipinski definition) is 4. The number of pyridine rings is 1. The molecule has 2 rings (SSSR count). The van der Waals surface area contributed by atoms with Crippen LogP contribution in [-0.2, 0) is 0 Å². The maximum Gasteiger partial charge on any atom is 0.407 e. The first kappa shape index (κ1) is 11.6. The van der Waals surface area contributed by atoms with Crippen LogP contribution in [0.25, 0.3) is 0 Å². The van der Waals surface area contributed by atoms with Gasteiger partial charge in [-0.2, -0.15) is 0 Å². The van der Waals surface area contributed by atoms with Crippen molar-refractivity contribution in [3.05, 3.63) is 23.8 Å². The normalized spacial score (nSPS) is 24.0. The van der Waals surface area contributed by atoms with Crippen LogP contribution in [0, 0.1) is 5.82 Å². The zero-order chi connectivity index (χ0) is 12.6. The Morgan fingerprint density at radius 1 is 1.53 bits per heavy atom. The fourth-order valence-corrected chi connectivity index (χ4v) is 2.01. The Labute approximate surface area is 95.9 Å². The topological polar surface area (TPSA) is 93.9 Å². The van der Waals surface area contributed by atoms with Crippen molar-refractivity contribution >= 4 is 6.09 Å². The molecule has 7 heteroatoms. The number of aromatic nitrogens is 1. The van der Waals surface area contributed by atoms with Gasteiger partial charge in [0.15, 0.2) is 11.6 Å². The standard InChI is InChI=1S/C10H11FN2O4/c11-7-3-12-2-6(9(7)15)8-1-5(14)4-13(8)10(16)17/h2-3,5,8,14H,1,4H2,(H,12,15)(H,16,17)/t5-,8+/m1/s1. The zero-order valence-corrected chi connectivity index (χ0v) is 8.75. The molecule has 1 aliphatic heterocycles. The minimum atomic E-state index is -1.23. The molecule has 0 radical (unpaired) electrons. The Morgan fingerprint density at radius 2 is 2.24 bits per heavy atom. The van der Waals surface area contributed by atoms with Gasteiger partial charge >= 0.3 is 6.09 Å². The number of aliphatic hydroxyl groups is 1. The van der Waals surface area contributed by atoms with Crippen LogP contribution in [0.4, 0.5) is 9.18 Å². The lowest BCUT2D eigenvalue weighted by Gasteiger charge is -2.21. The van der Waals surface area contributed by atoms with Crippen LogP contribution in [0.1, 0.15) is 18.0 Å². The van der Waals surface area contributed by atoms with E-state index in [-0.39, 0.29) is 18.5 Å². The van der Waals surface area contributed by atoms with E-state index in [9.17, 15) is 19.4 Å².